The number of nitrogens with one attached hydrogen (secondary N) is 1. The number of hydrogen-bond acceptors (Lipinski definition) is 4. The topological polar surface area (TPSA) is 60.5 Å². The smallest absolute Gasteiger partial charge is 0.422 e. The molecule has 0 radical (unpaired) electrons. The first kappa shape index (κ1) is 19.6. The highest BCUT2D eigenvalue weighted by molar-refractivity contribution is 5.94. The Labute approximate surface area is 149 Å². The van der Waals surface area contributed by atoms with Gasteiger partial charge in [0.1, 0.15) is 5.75 Å². The third-order valence-corrected chi connectivity index (χ3v) is 3.37. The number of aromatic nitrogens is 1. The summed E-state index contributed by atoms with van der Waals surface area (Å²) in [5.41, 5.74) is 1.98. The monoisotopic (exact) mass is 368 g/mol. The first-order valence-electron chi connectivity index (χ1n) is 7.94. The highest BCUT2D eigenvalue weighted by Crippen LogP contribution is 2.19. The molecule has 5 nitrogen and oxygen atoms in total. The molecular formula is C18H19F3N2O3. The molecular weight excluding hydrogens is 349 g/mol. The van der Waals surface area contributed by atoms with E-state index in [9.17, 15) is 18.0 Å². The lowest BCUT2D eigenvalue weighted by Gasteiger charge is -2.10. The molecule has 1 N–H and O–H groups in total. The summed E-state index contributed by atoms with van der Waals surface area (Å²) >= 11 is 0. The maximum Gasteiger partial charge on any atom is 0.422 e. The molecule has 0 fully saturated rings. The molecule has 0 bridgehead atoms. The highest BCUT2D eigenvalue weighted by Gasteiger charge is 2.28. The fourth-order valence-electron chi connectivity index (χ4n) is 2.15. The first-order valence-corrected chi connectivity index (χ1v) is 7.94. The molecule has 1 heterocycles. The quantitative estimate of drug-likeness (QED) is 0.810. The van der Waals surface area contributed by atoms with Crippen LogP contribution in [-0.2, 0) is 6.54 Å². The molecule has 2 aromatic rings. The summed E-state index contributed by atoms with van der Waals surface area (Å²) in [6.45, 7) is 3.08. The third-order valence-electron chi connectivity index (χ3n) is 3.37. The minimum absolute atomic E-state index is 0.125. The molecule has 0 spiro atoms. The predicted molar refractivity (Wildman–Crippen MR) is 89.3 cm³/mol. The summed E-state index contributed by atoms with van der Waals surface area (Å²) in [7, 11) is 0. The van der Waals surface area contributed by atoms with E-state index in [-0.39, 0.29) is 18.3 Å². The van der Waals surface area contributed by atoms with Crippen LogP contribution in [0.15, 0.2) is 36.5 Å². The number of pyridine rings is 1. The highest BCUT2D eigenvalue weighted by atomic mass is 19.4. The molecule has 140 valence electrons. The number of ether oxygens (including phenoxy) is 2. The predicted octanol–water partition coefficient (Wildman–Crippen LogP) is 3.66. The second-order valence-corrected chi connectivity index (χ2v) is 5.50. The van der Waals surface area contributed by atoms with Crippen molar-refractivity contribution in [1.82, 2.24) is 10.3 Å². The van der Waals surface area contributed by atoms with Gasteiger partial charge in [-0.2, -0.15) is 13.2 Å². The van der Waals surface area contributed by atoms with Gasteiger partial charge in [0.05, 0.1) is 6.61 Å². The van der Waals surface area contributed by atoms with Gasteiger partial charge in [0.25, 0.3) is 5.91 Å². The SMILES string of the molecule is CCOc1ccc(C(=O)NCc2ccc(OCC(F)(F)F)nc2)cc1C. The number of halogens is 3. The van der Waals surface area contributed by atoms with E-state index in [0.29, 0.717) is 17.7 Å². The Kier molecular flexibility index (Phi) is 6.43. The van der Waals surface area contributed by atoms with Crippen molar-refractivity contribution in [3.63, 3.8) is 0 Å². The molecule has 0 saturated carbocycles. The number of hydrogen-bond donors (Lipinski definition) is 1. The van der Waals surface area contributed by atoms with Crippen LogP contribution in [0.5, 0.6) is 11.6 Å². The average Bonchev–Trinajstić information content (AvgIpc) is 2.60. The van der Waals surface area contributed by atoms with Crippen molar-refractivity contribution in [2.24, 2.45) is 0 Å². The molecule has 0 unspecified atom stereocenters. The zero-order valence-corrected chi connectivity index (χ0v) is 14.4. The number of amides is 1. The molecule has 0 aliphatic heterocycles. The zero-order valence-electron chi connectivity index (χ0n) is 14.4. The van der Waals surface area contributed by atoms with Crippen LogP contribution >= 0.6 is 0 Å². The number of rotatable bonds is 7. The molecule has 8 heteroatoms. The van der Waals surface area contributed by atoms with Gasteiger partial charge in [0.2, 0.25) is 5.88 Å². The summed E-state index contributed by atoms with van der Waals surface area (Å²) in [5.74, 6) is 0.329. The number of carbonyl (C=O) groups is 1. The average molecular weight is 368 g/mol. The Morgan fingerprint density at radius 2 is 1.96 bits per heavy atom. The first-order chi connectivity index (χ1) is 12.3. The summed E-state index contributed by atoms with van der Waals surface area (Å²) < 4.78 is 46.2. The van der Waals surface area contributed by atoms with Crippen LogP contribution in [0.25, 0.3) is 0 Å². The third kappa shape index (κ3) is 5.94. The van der Waals surface area contributed by atoms with E-state index < -0.39 is 12.8 Å². The van der Waals surface area contributed by atoms with Crippen molar-refractivity contribution in [2.75, 3.05) is 13.2 Å². The Morgan fingerprint density at radius 1 is 1.19 bits per heavy atom. The van der Waals surface area contributed by atoms with Crippen LogP contribution in [0.2, 0.25) is 0 Å². The van der Waals surface area contributed by atoms with Crippen molar-refractivity contribution in [1.29, 1.82) is 0 Å². The fourth-order valence-corrected chi connectivity index (χ4v) is 2.15. The molecule has 1 amide bonds. The van der Waals surface area contributed by atoms with Crippen molar-refractivity contribution in [3.8, 4) is 11.6 Å². The Bertz CT molecular complexity index is 746. The van der Waals surface area contributed by atoms with Crippen LogP contribution in [0.3, 0.4) is 0 Å². The largest absolute Gasteiger partial charge is 0.494 e. The molecule has 1 aromatic carbocycles. The lowest BCUT2D eigenvalue weighted by molar-refractivity contribution is -0.154. The Balaban J connectivity index is 1.90. The normalized spacial score (nSPS) is 11.1. The summed E-state index contributed by atoms with van der Waals surface area (Å²) in [5, 5.41) is 2.73. The maximum atomic E-state index is 12.2. The van der Waals surface area contributed by atoms with E-state index in [1.54, 1.807) is 24.3 Å². The van der Waals surface area contributed by atoms with Crippen LogP contribution in [-0.4, -0.2) is 30.3 Å². The molecule has 0 saturated heterocycles. The number of alkyl halides is 3. The molecule has 0 atom stereocenters. The van der Waals surface area contributed by atoms with E-state index in [1.165, 1.54) is 12.3 Å². The van der Waals surface area contributed by atoms with Crippen LogP contribution in [0.4, 0.5) is 13.2 Å². The van der Waals surface area contributed by atoms with Crippen molar-refractivity contribution >= 4 is 5.91 Å². The van der Waals surface area contributed by atoms with E-state index in [2.05, 4.69) is 15.0 Å². The van der Waals surface area contributed by atoms with Crippen molar-refractivity contribution in [2.45, 2.75) is 26.6 Å². The molecule has 1 aromatic heterocycles. The van der Waals surface area contributed by atoms with Crippen molar-refractivity contribution in [3.05, 3.63) is 53.2 Å². The maximum absolute atomic E-state index is 12.2. The van der Waals surface area contributed by atoms with Crippen LogP contribution in [0.1, 0.15) is 28.4 Å². The number of nitrogens with zero attached hydrogens (tertiary/aromatic N) is 1. The van der Waals surface area contributed by atoms with Crippen molar-refractivity contribution < 1.29 is 27.4 Å². The van der Waals surface area contributed by atoms with Gasteiger partial charge in [-0.1, -0.05) is 6.07 Å². The van der Waals surface area contributed by atoms with Gasteiger partial charge >= 0.3 is 6.18 Å². The minimum Gasteiger partial charge on any atom is -0.494 e. The lowest BCUT2D eigenvalue weighted by Crippen LogP contribution is -2.23. The van der Waals surface area contributed by atoms with Crippen LogP contribution < -0.4 is 14.8 Å². The number of aryl methyl sites for hydroxylation is 1. The zero-order chi connectivity index (χ0) is 19.2. The van der Waals surface area contributed by atoms with Gasteiger partial charge in [-0.15, -0.1) is 0 Å². The Morgan fingerprint density at radius 3 is 2.54 bits per heavy atom. The van der Waals surface area contributed by atoms with E-state index in [0.717, 1.165) is 11.3 Å². The lowest BCUT2D eigenvalue weighted by atomic mass is 10.1. The molecule has 2 rings (SSSR count). The second-order valence-electron chi connectivity index (χ2n) is 5.50. The van der Waals surface area contributed by atoms with Crippen LogP contribution in [0, 0.1) is 6.92 Å². The van der Waals surface area contributed by atoms with Gasteiger partial charge in [0, 0.05) is 24.4 Å². The van der Waals surface area contributed by atoms with Gasteiger partial charge in [0.15, 0.2) is 6.61 Å². The second kappa shape index (κ2) is 8.55. The van der Waals surface area contributed by atoms with Gasteiger partial charge in [-0.25, -0.2) is 4.98 Å². The van der Waals surface area contributed by atoms with E-state index in [1.807, 2.05) is 13.8 Å². The van der Waals surface area contributed by atoms with E-state index >= 15 is 0 Å². The molecule has 0 aliphatic carbocycles. The Hall–Kier alpha value is -2.77. The summed E-state index contributed by atoms with van der Waals surface area (Å²) in [6, 6.07) is 8.01. The van der Waals surface area contributed by atoms with Gasteiger partial charge < -0.3 is 14.8 Å². The molecule has 0 aliphatic rings. The summed E-state index contributed by atoms with van der Waals surface area (Å²) in [6.07, 6.45) is -3.06. The summed E-state index contributed by atoms with van der Waals surface area (Å²) in [4.78, 5) is 16.0. The minimum atomic E-state index is -4.41. The molecule has 26 heavy (non-hydrogen) atoms. The number of carbonyl (C=O) groups excluding carboxylic acids is 1. The standard InChI is InChI=1S/C18H19F3N2O3/c1-3-25-15-6-5-14(8-12(15)2)17(24)23-10-13-4-7-16(22-9-13)26-11-18(19,20)21/h4-9H,3,10-11H2,1-2H3,(H,23,24). The number of benzene rings is 1. The van der Waals surface area contributed by atoms with Gasteiger partial charge in [-0.3, -0.25) is 4.79 Å². The van der Waals surface area contributed by atoms with E-state index in [4.69, 9.17) is 4.74 Å². The van der Waals surface area contributed by atoms with Gasteiger partial charge in [-0.05, 0) is 43.2 Å². The fraction of sp³-hybridized carbons (Fsp3) is 0.333.